The maximum absolute atomic E-state index is 13.4. The Kier molecular flexibility index (Phi) is 7.75. The van der Waals surface area contributed by atoms with E-state index >= 15 is 0 Å². The van der Waals surface area contributed by atoms with Crippen LogP contribution in [-0.4, -0.2) is 51.1 Å². The van der Waals surface area contributed by atoms with Crippen LogP contribution in [0, 0.1) is 0 Å². The van der Waals surface area contributed by atoms with Crippen molar-refractivity contribution in [3.05, 3.63) is 53.2 Å². The highest BCUT2D eigenvalue weighted by Crippen LogP contribution is 2.32. The molecule has 12 heteroatoms. The van der Waals surface area contributed by atoms with Gasteiger partial charge in [0.05, 0.1) is 0 Å². The highest BCUT2D eigenvalue weighted by atomic mass is 19.4. The molecule has 2 N–H and O–H groups in total. The summed E-state index contributed by atoms with van der Waals surface area (Å²) in [5, 5.41) is 11.7. The summed E-state index contributed by atoms with van der Waals surface area (Å²) in [7, 11) is 0. The molecule has 2 amide bonds. The lowest BCUT2D eigenvalue weighted by Crippen LogP contribution is -2.40. The van der Waals surface area contributed by atoms with E-state index in [0.29, 0.717) is 12.8 Å². The number of likely N-dealkylation sites (tertiary alicyclic amines) is 1. The molecule has 0 bridgehead atoms. The van der Waals surface area contributed by atoms with E-state index in [0.717, 1.165) is 6.07 Å². The number of benzene rings is 1. The number of alkyl carbamates (subject to hydrolysis) is 1. The fourth-order valence-electron chi connectivity index (χ4n) is 3.59. The number of carboxylic acids is 1. The van der Waals surface area contributed by atoms with Gasteiger partial charge in [0.15, 0.2) is 0 Å². The van der Waals surface area contributed by atoms with Crippen molar-refractivity contribution in [2.45, 2.75) is 58.0 Å². The van der Waals surface area contributed by atoms with Crippen LogP contribution in [0.3, 0.4) is 0 Å². The topological polar surface area (TPSA) is 118 Å². The van der Waals surface area contributed by atoms with Crippen molar-refractivity contribution in [1.82, 2.24) is 15.2 Å². The number of aromatic nitrogens is 1. The number of halogens is 3. The van der Waals surface area contributed by atoms with Crippen LogP contribution in [0.15, 0.2) is 36.4 Å². The van der Waals surface area contributed by atoms with Crippen LogP contribution in [0.1, 0.15) is 55.2 Å². The van der Waals surface area contributed by atoms with Gasteiger partial charge >= 0.3 is 18.2 Å². The molecule has 1 aliphatic heterocycles. The second-order valence-electron chi connectivity index (χ2n) is 9.18. The fraction of sp³-hybridized carbons (Fsp3) is 0.417. The van der Waals surface area contributed by atoms with Crippen LogP contribution in [0.4, 0.5) is 18.0 Å². The number of amides is 2. The van der Waals surface area contributed by atoms with Crippen LogP contribution in [0.25, 0.3) is 0 Å². The van der Waals surface area contributed by atoms with Gasteiger partial charge in [-0.15, -0.1) is 0 Å². The van der Waals surface area contributed by atoms with E-state index in [9.17, 15) is 32.7 Å². The molecule has 2 heterocycles. The van der Waals surface area contributed by atoms with Crippen molar-refractivity contribution >= 4 is 18.0 Å². The van der Waals surface area contributed by atoms with Gasteiger partial charge in [0.25, 0.3) is 5.91 Å². The molecule has 1 saturated heterocycles. The third kappa shape index (κ3) is 7.09. The lowest BCUT2D eigenvalue weighted by Gasteiger charge is -2.21. The zero-order valence-corrected chi connectivity index (χ0v) is 19.9. The highest BCUT2D eigenvalue weighted by Gasteiger charge is 2.35. The number of carboxylic acid groups (broad SMARTS) is 1. The zero-order valence-electron chi connectivity index (χ0n) is 19.9. The number of hydrogen-bond donors (Lipinski definition) is 2. The molecular weight excluding hydrogens is 483 g/mol. The lowest BCUT2D eigenvalue weighted by molar-refractivity contribution is -0.142. The van der Waals surface area contributed by atoms with Gasteiger partial charge in [0.1, 0.15) is 23.1 Å². The number of nitrogens with zero attached hydrogens (tertiary/aromatic N) is 2. The Bertz CT molecular complexity index is 1150. The maximum Gasteiger partial charge on any atom is 0.433 e. The second kappa shape index (κ2) is 10.4. The summed E-state index contributed by atoms with van der Waals surface area (Å²) in [5.74, 6) is -2.00. The van der Waals surface area contributed by atoms with Crippen LogP contribution >= 0.6 is 0 Å². The molecule has 1 aromatic heterocycles. The third-order valence-electron chi connectivity index (χ3n) is 5.09. The number of carbonyl (C=O) groups excluding carboxylic acids is 2. The molecule has 0 aliphatic carbocycles. The van der Waals surface area contributed by atoms with Crippen molar-refractivity contribution in [3.63, 3.8) is 0 Å². The number of hydrogen-bond acceptors (Lipinski definition) is 6. The summed E-state index contributed by atoms with van der Waals surface area (Å²) >= 11 is 0. The summed E-state index contributed by atoms with van der Waals surface area (Å²) in [6, 6.07) is 6.73. The molecule has 0 saturated carbocycles. The van der Waals surface area contributed by atoms with Crippen molar-refractivity contribution in [1.29, 1.82) is 0 Å². The van der Waals surface area contributed by atoms with E-state index in [4.69, 9.17) is 9.47 Å². The molecule has 0 spiro atoms. The Balaban J connectivity index is 1.81. The van der Waals surface area contributed by atoms with E-state index in [2.05, 4.69) is 10.3 Å². The van der Waals surface area contributed by atoms with Crippen LogP contribution in [0.2, 0.25) is 0 Å². The number of pyridine rings is 1. The predicted octanol–water partition coefficient (Wildman–Crippen LogP) is 4.61. The van der Waals surface area contributed by atoms with Crippen molar-refractivity contribution in [3.8, 4) is 11.6 Å². The number of carbonyl (C=O) groups is 3. The number of ether oxygens (including phenoxy) is 2. The molecule has 0 unspecified atom stereocenters. The average molecular weight is 509 g/mol. The Morgan fingerprint density at radius 2 is 1.89 bits per heavy atom. The van der Waals surface area contributed by atoms with Gasteiger partial charge in [-0.05, 0) is 63.4 Å². The normalized spacial score (nSPS) is 15.9. The zero-order chi connectivity index (χ0) is 26.7. The number of nitrogens with one attached hydrogen (secondary N) is 1. The first-order valence-electron chi connectivity index (χ1n) is 11.1. The SMILES string of the molecule is CC(C)(C)OC(=O)NCc1cc(Oc2cccc(C(=O)N3CCC[C@H]3C(=O)O)c2)nc(C(F)(F)F)c1. The van der Waals surface area contributed by atoms with E-state index in [1.165, 1.54) is 35.2 Å². The van der Waals surface area contributed by atoms with Crippen molar-refractivity contribution in [2.24, 2.45) is 0 Å². The van der Waals surface area contributed by atoms with Gasteiger partial charge in [0.2, 0.25) is 5.88 Å². The summed E-state index contributed by atoms with van der Waals surface area (Å²) in [4.78, 5) is 40.9. The van der Waals surface area contributed by atoms with Gasteiger partial charge in [-0.3, -0.25) is 4.79 Å². The number of rotatable bonds is 6. The average Bonchev–Trinajstić information content (AvgIpc) is 3.26. The summed E-state index contributed by atoms with van der Waals surface area (Å²) < 4.78 is 50.9. The fourth-order valence-corrected chi connectivity index (χ4v) is 3.59. The maximum atomic E-state index is 13.4. The first-order chi connectivity index (χ1) is 16.7. The Morgan fingerprint density at radius 3 is 2.53 bits per heavy atom. The standard InChI is InChI=1S/C24H26F3N3O6/c1-23(2,3)36-22(34)28-13-14-10-18(24(25,26)27)29-19(11-14)35-16-7-4-6-15(12-16)20(31)30-9-5-8-17(30)21(32)33/h4,6-7,10-12,17H,5,8-9,13H2,1-3H3,(H,28,34)(H,32,33)/t17-/m0/s1. The molecule has 3 rings (SSSR count). The van der Waals surface area contributed by atoms with Gasteiger partial charge in [-0.2, -0.15) is 13.2 Å². The summed E-state index contributed by atoms with van der Waals surface area (Å²) in [5.41, 5.74) is -1.82. The Morgan fingerprint density at radius 1 is 1.17 bits per heavy atom. The van der Waals surface area contributed by atoms with Crippen LogP contribution in [-0.2, 0) is 22.3 Å². The van der Waals surface area contributed by atoms with E-state index < -0.39 is 47.4 Å². The summed E-state index contributed by atoms with van der Waals surface area (Å²) in [6.45, 7) is 4.95. The van der Waals surface area contributed by atoms with E-state index in [1.807, 2.05) is 0 Å². The molecule has 1 aromatic carbocycles. The first-order valence-corrected chi connectivity index (χ1v) is 11.1. The summed E-state index contributed by atoms with van der Waals surface area (Å²) in [6.07, 6.45) is -4.69. The predicted molar refractivity (Wildman–Crippen MR) is 121 cm³/mol. The molecular formula is C24H26F3N3O6. The van der Waals surface area contributed by atoms with Gasteiger partial charge in [0, 0.05) is 24.7 Å². The number of alkyl halides is 3. The minimum Gasteiger partial charge on any atom is -0.480 e. The Hall–Kier alpha value is -3.83. The van der Waals surface area contributed by atoms with Crippen LogP contribution in [0.5, 0.6) is 11.6 Å². The molecule has 9 nitrogen and oxygen atoms in total. The second-order valence-corrected chi connectivity index (χ2v) is 9.18. The van der Waals surface area contributed by atoms with Crippen LogP contribution < -0.4 is 10.1 Å². The molecule has 1 fully saturated rings. The molecule has 194 valence electrons. The van der Waals surface area contributed by atoms with Gasteiger partial charge in [-0.1, -0.05) is 6.07 Å². The van der Waals surface area contributed by atoms with Crippen molar-refractivity contribution in [2.75, 3.05) is 6.54 Å². The minimum atomic E-state index is -4.78. The molecule has 2 aromatic rings. The van der Waals surface area contributed by atoms with E-state index in [-0.39, 0.29) is 30.0 Å². The lowest BCUT2D eigenvalue weighted by atomic mass is 10.1. The number of aliphatic carboxylic acids is 1. The largest absolute Gasteiger partial charge is 0.480 e. The highest BCUT2D eigenvalue weighted by molar-refractivity contribution is 5.97. The smallest absolute Gasteiger partial charge is 0.433 e. The van der Waals surface area contributed by atoms with Gasteiger partial charge in [-0.25, -0.2) is 14.6 Å². The molecule has 1 aliphatic rings. The molecule has 36 heavy (non-hydrogen) atoms. The van der Waals surface area contributed by atoms with Gasteiger partial charge < -0.3 is 24.8 Å². The van der Waals surface area contributed by atoms with E-state index in [1.54, 1.807) is 20.8 Å². The minimum absolute atomic E-state index is 0.0322. The third-order valence-corrected chi connectivity index (χ3v) is 5.09. The monoisotopic (exact) mass is 509 g/mol. The Labute approximate surface area is 205 Å². The molecule has 0 radical (unpaired) electrons. The first kappa shape index (κ1) is 26.8. The molecule has 1 atom stereocenters. The quantitative estimate of drug-likeness (QED) is 0.584. The van der Waals surface area contributed by atoms with Crippen molar-refractivity contribution < 1.29 is 42.1 Å².